The number of rotatable bonds is 6. The molecule has 8 nitrogen and oxygen atoms in total. The largest absolute Gasteiger partial charge is 0.497 e. The highest BCUT2D eigenvalue weighted by atomic mass is 16.6. The SMILES string of the molecule is CCOC(=O)N1CCN(c2cc(-c3cncc(-c4ccc(OC)cc4)c3)nc(-c3ccccc3)n2)CC1. The van der Waals surface area contributed by atoms with Crippen LogP contribution in [0.4, 0.5) is 10.6 Å². The smallest absolute Gasteiger partial charge is 0.409 e. The maximum absolute atomic E-state index is 12.1. The average molecular weight is 496 g/mol. The second-order valence-corrected chi connectivity index (χ2v) is 8.66. The van der Waals surface area contributed by atoms with Crippen LogP contribution in [0.2, 0.25) is 0 Å². The van der Waals surface area contributed by atoms with Gasteiger partial charge in [0.15, 0.2) is 5.82 Å². The number of carbonyl (C=O) groups is 1. The number of hydrogen-bond donors (Lipinski definition) is 0. The van der Waals surface area contributed by atoms with Crippen LogP contribution in [0, 0.1) is 0 Å². The first-order valence-electron chi connectivity index (χ1n) is 12.4. The zero-order valence-corrected chi connectivity index (χ0v) is 21.0. The number of anilines is 1. The molecule has 1 amide bonds. The Balaban J connectivity index is 1.48. The Kier molecular flexibility index (Phi) is 7.26. The number of ether oxygens (including phenoxy) is 2. The molecule has 2 aromatic heterocycles. The normalized spacial score (nSPS) is 13.4. The number of hydrogen-bond acceptors (Lipinski definition) is 7. The lowest BCUT2D eigenvalue weighted by Crippen LogP contribution is -2.49. The van der Waals surface area contributed by atoms with Gasteiger partial charge in [0.25, 0.3) is 0 Å². The fraction of sp³-hybridized carbons (Fsp3) is 0.241. The van der Waals surface area contributed by atoms with Crippen LogP contribution in [-0.4, -0.2) is 65.8 Å². The maximum Gasteiger partial charge on any atom is 0.409 e. The van der Waals surface area contributed by atoms with E-state index in [4.69, 9.17) is 19.4 Å². The molecule has 1 saturated heterocycles. The molecule has 0 aliphatic carbocycles. The number of aromatic nitrogens is 3. The van der Waals surface area contributed by atoms with Gasteiger partial charge in [0.2, 0.25) is 0 Å². The standard InChI is InChI=1S/C29H29N5O3/c1-3-37-29(35)34-15-13-33(14-16-34)27-18-26(31-28(32-27)22-7-5-4-6-8-22)24-17-23(19-30-20-24)21-9-11-25(36-2)12-10-21/h4-12,17-20H,3,13-16H2,1-2H3. The molecule has 188 valence electrons. The van der Waals surface area contributed by atoms with Crippen LogP contribution in [0.5, 0.6) is 5.75 Å². The Hall–Kier alpha value is -4.46. The van der Waals surface area contributed by atoms with E-state index in [9.17, 15) is 4.79 Å². The lowest BCUT2D eigenvalue weighted by Gasteiger charge is -2.35. The lowest BCUT2D eigenvalue weighted by molar-refractivity contribution is 0.105. The summed E-state index contributed by atoms with van der Waals surface area (Å²) in [6.07, 6.45) is 3.41. The van der Waals surface area contributed by atoms with Gasteiger partial charge in [-0.3, -0.25) is 4.98 Å². The number of nitrogens with zero attached hydrogens (tertiary/aromatic N) is 5. The number of amides is 1. The van der Waals surface area contributed by atoms with Crippen LogP contribution in [0.25, 0.3) is 33.8 Å². The van der Waals surface area contributed by atoms with Crippen molar-refractivity contribution < 1.29 is 14.3 Å². The Bertz CT molecular complexity index is 1350. The van der Waals surface area contributed by atoms with Crippen molar-refractivity contribution in [3.63, 3.8) is 0 Å². The van der Waals surface area contributed by atoms with Crippen LogP contribution in [0.1, 0.15) is 6.92 Å². The van der Waals surface area contributed by atoms with E-state index in [0.717, 1.165) is 39.5 Å². The second kappa shape index (κ2) is 11.1. The third-order valence-electron chi connectivity index (χ3n) is 6.33. The summed E-state index contributed by atoms with van der Waals surface area (Å²) in [5, 5.41) is 0. The number of pyridine rings is 1. The quantitative estimate of drug-likeness (QED) is 0.365. The molecule has 3 heterocycles. The molecule has 5 rings (SSSR count). The Morgan fingerprint density at radius 1 is 0.838 bits per heavy atom. The summed E-state index contributed by atoms with van der Waals surface area (Å²) < 4.78 is 10.5. The predicted molar refractivity (Wildman–Crippen MR) is 143 cm³/mol. The third-order valence-corrected chi connectivity index (χ3v) is 6.33. The molecule has 0 N–H and O–H groups in total. The van der Waals surface area contributed by atoms with Gasteiger partial charge in [-0.05, 0) is 30.7 Å². The van der Waals surface area contributed by atoms with Gasteiger partial charge in [-0.25, -0.2) is 14.8 Å². The molecular weight excluding hydrogens is 466 g/mol. The van der Waals surface area contributed by atoms with E-state index in [1.165, 1.54) is 0 Å². The van der Waals surface area contributed by atoms with E-state index in [-0.39, 0.29) is 6.09 Å². The van der Waals surface area contributed by atoms with Crippen molar-refractivity contribution in [2.24, 2.45) is 0 Å². The molecule has 37 heavy (non-hydrogen) atoms. The molecule has 0 radical (unpaired) electrons. The summed E-state index contributed by atoms with van der Waals surface area (Å²) in [5.41, 5.74) is 4.67. The monoisotopic (exact) mass is 495 g/mol. The van der Waals surface area contributed by atoms with Gasteiger partial charge in [0.05, 0.1) is 19.4 Å². The van der Waals surface area contributed by atoms with Crippen LogP contribution >= 0.6 is 0 Å². The molecule has 8 heteroatoms. The van der Waals surface area contributed by atoms with Crippen LogP contribution in [-0.2, 0) is 4.74 Å². The summed E-state index contributed by atoms with van der Waals surface area (Å²) in [4.78, 5) is 30.4. The number of piperazine rings is 1. The first kappa shape index (κ1) is 24.2. The zero-order valence-electron chi connectivity index (χ0n) is 21.0. The summed E-state index contributed by atoms with van der Waals surface area (Å²) >= 11 is 0. The first-order valence-corrected chi connectivity index (χ1v) is 12.4. The van der Waals surface area contributed by atoms with Crippen LogP contribution < -0.4 is 9.64 Å². The molecule has 0 atom stereocenters. The molecule has 1 aliphatic rings. The van der Waals surface area contributed by atoms with Crippen LogP contribution in [0.3, 0.4) is 0 Å². The fourth-order valence-electron chi connectivity index (χ4n) is 4.31. The zero-order chi connectivity index (χ0) is 25.6. The molecule has 0 unspecified atom stereocenters. The van der Waals surface area contributed by atoms with Crippen molar-refractivity contribution >= 4 is 11.9 Å². The third kappa shape index (κ3) is 5.53. The van der Waals surface area contributed by atoms with Crippen LogP contribution in [0.15, 0.2) is 79.1 Å². The molecule has 0 saturated carbocycles. The van der Waals surface area contributed by atoms with Gasteiger partial charge in [-0.15, -0.1) is 0 Å². The highest BCUT2D eigenvalue weighted by molar-refractivity contribution is 5.73. The fourth-order valence-corrected chi connectivity index (χ4v) is 4.31. The van der Waals surface area contributed by atoms with E-state index >= 15 is 0 Å². The Morgan fingerprint density at radius 3 is 2.27 bits per heavy atom. The topological polar surface area (TPSA) is 80.7 Å². The highest BCUT2D eigenvalue weighted by Crippen LogP contribution is 2.30. The minimum Gasteiger partial charge on any atom is -0.497 e. The van der Waals surface area contributed by atoms with Crippen molar-refractivity contribution in [2.45, 2.75) is 6.92 Å². The molecule has 0 spiro atoms. The number of carbonyl (C=O) groups excluding carboxylic acids is 1. The molecule has 1 aliphatic heterocycles. The van der Waals surface area contributed by atoms with E-state index in [2.05, 4.69) is 16.0 Å². The lowest BCUT2D eigenvalue weighted by atomic mass is 10.0. The minimum atomic E-state index is -0.267. The molecular formula is C29H29N5O3. The van der Waals surface area contributed by atoms with Crippen molar-refractivity contribution in [1.29, 1.82) is 0 Å². The van der Waals surface area contributed by atoms with Gasteiger partial charge >= 0.3 is 6.09 Å². The van der Waals surface area contributed by atoms with E-state index in [0.29, 0.717) is 38.6 Å². The second-order valence-electron chi connectivity index (χ2n) is 8.66. The minimum absolute atomic E-state index is 0.267. The van der Waals surface area contributed by atoms with Gasteiger partial charge < -0.3 is 19.3 Å². The van der Waals surface area contributed by atoms with Gasteiger partial charge in [0, 0.05) is 61.3 Å². The van der Waals surface area contributed by atoms with Gasteiger partial charge in [-0.1, -0.05) is 42.5 Å². The summed E-state index contributed by atoms with van der Waals surface area (Å²) in [5.74, 6) is 2.28. The van der Waals surface area contributed by atoms with Crippen molar-refractivity contribution in [2.75, 3.05) is 44.8 Å². The van der Waals surface area contributed by atoms with E-state index in [1.807, 2.05) is 80.0 Å². The van der Waals surface area contributed by atoms with E-state index < -0.39 is 0 Å². The van der Waals surface area contributed by atoms with Gasteiger partial charge in [0.1, 0.15) is 11.6 Å². The van der Waals surface area contributed by atoms with Gasteiger partial charge in [-0.2, -0.15) is 0 Å². The maximum atomic E-state index is 12.1. The van der Waals surface area contributed by atoms with Crippen molar-refractivity contribution in [1.82, 2.24) is 19.9 Å². The van der Waals surface area contributed by atoms with Crippen molar-refractivity contribution in [3.05, 3.63) is 79.1 Å². The number of methoxy groups -OCH3 is 1. The van der Waals surface area contributed by atoms with E-state index in [1.54, 1.807) is 12.0 Å². The Labute approximate surface area is 216 Å². The predicted octanol–water partition coefficient (Wildman–Crippen LogP) is 5.16. The average Bonchev–Trinajstić information content (AvgIpc) is 2.98. The highest BCUT2D eigenvalue weighted by Gasteiger charge is 2.24. The molecule has 0 bridgehead atoms. The first-order chi connectivity index (χ1) is 18.1. The summed E-state index contributed by atoms with van der Waals surface area (Å²) in [6.45, 7) is 4.67. The molecule has 4 aromatic rings. The number of benzene rings is 2. The summed E-state index contributed by atoms with van der Waals surface area (Å²) in [6, 6.07) is 22.0. The summed E-state index contributed by atoms with van der Waals surface area (Å²) in [7, 11) is 1.66. The molecule has 2 aromatic carbocycles. The molecule has 1 fully saturated rings. The van der Waals surface area contributed by atoms with Crippen molar-refractivity contribution in [3.8, 4) is 39.5 Å². The Morgan fingerprint density at radius 2 is 1.57 bits per heavy atom.